The van der Waals surface area contributed by atoms with Gasteiger partial charge in [0.25, 0.3) is 0 Å². The summed E-state index contributed by atoms with van der Waals surface area (Å²) in [6.45, 7) is 1.87. The Bertz CT molecular complexity index is 659. The summed E-state index contributed by atoms with van der Waals surface area (Å²) in [6, 6.07) is 14.7. The molecule has 0 radical (unpaired) electrons. The molecule has 100 valence electrons. The first-order valence-electron chi connectivity index (χ1n) is 6.21. The molecule has 0 unspecified atom stereocenters. The molecule has 0 spiro atoms. The molecule has 0 heterocycles. The lowest BCUT2D eigenvalue weighted by Crippen LogP contribution is -2.14. The zero-order chi connectivity index (χ0) is 14.4. The quantitative estimate of drug-likeness (QED) is 0.682. The molecule has 1 amide bonds. The van der Waals surface area contributed by atoms with Crippen molar-refractivity contribution in [2.45, 2.75) is 13.3 Å². The van der Waals surface area contributed by atoms with E-state index in [0.29, 0.717) is 17.8 Å². The molecule has 0 aliphatic heterocycles. The minimum absolute atomic E-state index is 0.108. The lowest BCUT2D eigenvalue weighted by Gasteiger charge is -2.07. The molecular formula is C16H14N2O2. The minimum Gasteiger partial charge on any atom is -0.326 e. The van der Waals surface area contributed by atoms with Gasteiger partial charge in [0.05, 0.1) is 12.1 Å². The van der Waals surface area contributed by atoms with Crippen molar-refractivity contribution in [2.75, 3.05) is 5.32 Å². The maximum absolute atomic E-state index is 11.9. The van der Waals surface area contributed by atoms with E-state index in [4.69, 9.17) is 0 Å². The second-order valence-corrected chi connectivity index (χ2v) is 4.47. The number of nitrogens with zero attached hydrogens (tertiary/aromatic N) is 1. The van der Waals surface area contributed by atoms with Crippen LogP contribution in [0.5, 0.6) is 0 Å². The summed E-state index contributed by atoms with van der Waals surface area (Å²) in [5, 5.41) is 2.80. The summed E-state index contributed by atoms with van der Waals surface area (Å²) >= 11 is 0. The number of nitrogens with one attached hydrogen (secondary N) is 1. The Labute approximate surface area is 117 Å². The number of hydrogen-bond donors (Lipinski definition) is 1. The number of carbonyl (C=O) groups excluding carboxylic acids is 2. The fourth-order valence-electron chi connectivity index (χ4n) is 1.94. The van der Waals surface area contributed by atoms with E-state index in [2.05, 4.69) is 10.3 Å². The van der Waals surface area contributed by atoms with Crippen molar-refractivity contribution >= 4 is 23.4 Å². The number of isocyanates is 1. The predicted molar refractivity (Wildman–Crippen MR) is 77.7 cm³/mol. The molecule has 0 bridgehead atoms. The summed E-state index contributed by atoms with van der Waals surface area (Å²) in [5.41, 5.74) is 2.97. The summed E-state index contributed by atoms with van der Waals surface area (Å²) in [7, 11) is 0. The van der Waals surface area contributed by atoms with Crippen LogP contribution in [0.3, 0.4) is 0 Å². The van der Waals surface area contributed by atoms with Crippen molar-refractivity contribution < 1.29 is 9.59 Å². The maximum atomic E-state index is 11.9. The fraction of sp³-hybridized carbons (Fsp3) is 0.125. The number of anilines is 1. The lowest BCUT2D eigenvalue weighted by atomic mass is 10.1. The Kier molecular flexibility index (Phi) is 4.43. The SMILES string of the molecule is Cc1cc(N=C=O)cc(NC(=O)Cc2ccccc2)c1. The van der Waals surface area contributed by atoms with Gasteiger partial charge < -0.3 is 5.32 Å². The number of amides is 1. The Morgan fingerprint density at radius 2 is 1.95 bits per heavy atom. The summed E-state index contributed by atoms with van der Waals surface area (Å²) in [4.78, 5) is 25.8. The van der Waals surface area contributed by atoms with Gasteiger partial charge in [0.1, 0.15) is 0 Å². The first-order valence-corrected chi connectivity index (χ1v) is 6.21. The van der Waals surface area contributed by atoms with Gasteiger partial charge in [-0.1, -0.05) is 30.3 Å². The maximum Gasteiger partial charge on any atom is 0.240 e. The second kappa shape index (κ2) is 6.45. The Balaban J connectivity index is 2.09. The first-order chi connectivity index (χ1) is 9.67. The lowest BCUT2D eigenvalue weighted by molar-refractivity contribution is -0.115. The molecular weight excluding hydrogens is 252 g/mol. The van der Waals surface area contributed by atoms with Gasteiger partial charge in [-0.25, -0.2) is 4.79 Å². The summed E-state index contributed by atoms with van der Waals surface area (Å²) in [6.07, 6.45) is 1.80. The number of hydrogen-bond acceptors (Lipinski definition) is 3. The average molecular weight is 266 g/mol. The van der Waals surface area contributed by atoms with Gasteiger partial charge in [-0.2, -0.15) is 4.99 Å². The molecule has 2 aromatic carbocycles. The van der Waals surface area contributed by atoms with E-state index in [-0.39, 0.29) is 5.91 Å². The third-order valence-corrected chi connectivity index (χ3v) is 2.73. The molecule has 0 fully saturated rings. The van der Waals surface area contributed by atoms with Gasteiger partial charge in [-0.3, -0.25) is 4.79 Å². The molecule has 4 heteroatoms. The highest BCUT2D eigenvalue weighted by atomic mass is 16.1. The van der Waals surface area contributed by atoms with Crippen LogP contribution in [0, 0.1) is 6.92 Å². The van der Waals surface area contributed by atoms with Gasteiger partial charge in [0.2, 0.25) is 12.0 Å². The zero-order valence-corrected chi connectivity index (χ0v) is 11.1. The van der Waals surface area contributed by atoms with Crippen molar-refractivity contribution in [1.82, 2.24) is 0 Å². The van der Waals surface area contributed by atoms with Crippen LogP contribution in [-0.2, 0) is 16.0 Å². The fourth-order valence-corrected chi connectivity index (χ4v) is 1.94. The number of benzene rings is 2. The number of rotatable bonds is 4. The zero-order valence-electron chi connectivity index (χ0n) is 11.1. The first kappa shape index (κ1) is 13.7. The van der Waals surface area contributed by atoms with Gasteiger partial charge in [-0.05, 0) is 36.2 Å². The summed E-state index contributed by atoms with van der Waals surface area (Å²) in [5.74, 6) is -0.108. The van der Waals surface area contributed by atoms with Crippen LogP contribution in [0.15, 0.2) is 53.5 Å². The van der Waals surface area contributed by atoms with Gasteiger partial charge in [0.15, 0.2) is 0 Å². The normalized spacial score (nSPS) is 9.65. The highest BCUT2D eigenvalue weighted by molar-refractivity contribution is 5.92. The molecule has 0 aromatic heterocycles. The van der Waals surface area contributed by atoms with E-state index in [1.54, 1.807) is 12.1 Å². The molecule has 4 nitrogen and oxygen atoms in total. The predicted octanol–water partition coefficient (Wildman–Crippen LogP) is 3.14. The van der Waals surface area contributed by atoms with E-state index >= 15 is 0 Å². The topological polar surface area (TPSA) is 58.5 Å². The number of carbonyl (C=O) groups is 1. The van der Waals surface area contributed by atoms with Crippen LogP contribution in [0.2, 0.25) is 0 Å². The van der Waals surface area contributed by atoms with Crippen LogP contribution in [0.25, 0.3) is 0 Å². The van der Waals surface area contributed by atoms with Crippen molar-refractivity contribution in [3.63, 3.8) is 0 Å². The molecule has 0 saturated carbocycles. The van der Waals surface area contributed by atoms with E-state index in [9.17, 15) is 9.59 Å². The molecule has 0 aliphatic rings. The number of aryl methyl sites for hydroxylation is 1. The van der Waals surface area contributed by atoms with Crippen molar-refractivity contribution in [3.8, 4) is 0 Å². The number of aliphatic imine (C=N–C) groups is 1. The molecule has 0 aliphatic carbocycles. The van der Waals surface area contributed by atoms with E-state index in [1.165, 1.54) is 6.08 Å². The van der Waals surface area contributed by atoms with Crippen molar-refractivity contribution in [3.05, 3.63) is 59.7 Å². The average Bonchev–Trinajstić information content (AvgIpc) is 2.39. The van der Waals surface area contributed by atoms with Crippen LogP contribution < -0.4 is 5.32 Å². The Hall–Kier alpha value is -2.71. The minimum atomic E-state index is -0.108. The van der Waals surface area contributed by atoms with Gasteiger partial charge in [0, 0.05) is 5.69 Å². The van der Waals surface area contributed by atoms with E-state index in [1.807, 2.05) is 43.3 Å². The third kappa shape index (κ3) is 3.90. The van der Waals surface area contributed by atoms with E-state index < -0.39 is 0 Å². The van der Waals surface area contributed by atoms with Crippen molar-refractivity contribution in [1.29, 1.82) is 0 Å². The van der Waals surface area contributed by atoms with Crippen LogP contribution in [0.1, 0.15) is 11.1 Å². The molecule has 2 rings (SSSR count). The smallest absolute Gasteiger partial charge is 0.240 e. The molecule has 2 aromatic rings. The van der Waals surface area contributed by atoms with Gasteiger partial charge >= 0.3 is 0 Å². The highest BCUT2D eigenvalue weighted by Gasteiger charge is 2.05. The van der Waals surface area contributed by atoms with Crippen molar-refractivity contribution in [2.24, 2.45) is 4.99 Å². The molecule has 0 atom stereocenters. The van der Waals surface area contributed by atoms with Gasteiger partial charge in [-0.15, -0.1) is 0 Å². The monoisotopic (exact) mass is 266 g/mol. The molecule has 1 N–H and O–H groups in total. The molecule has 20 heavy (non-hydrogen) atoms. The standard InChI is InChI=1S/C16H14N2O2/c1-12-7-14(17-11-19)10-15(8-12)18-16(20)9-13-5-3-2-4-6-13/h2-8,10H,9H2,1H3,(H,18,20). The summed E-state index contributed by atoms with van der Waals surface area (Å²) < 4.78 is 0. The van der Waals surface area contributed by atoms with Crippen LogP contribution in [0.4, 0.5) is 11.4 Å². The Morgan fingerprint density at radius 3 is 2.65 bits per heavy atom. The highest BCUT2D eigenvalue weighted by Crippen LogP contribution is 2.20. The Morgan fingerprint density at radius 1 is 1.20 bits per heavy atom. The molecule has 0 saturated heterocycles. The van der Waals surface area contributed by atoms with Crippen LogP contribution in [-0.4, -0.2) is 12.0 Å². The van der Waals surface area contributed by atoms with E-state index in [0.717, 1.165) is 11.1 Å². The second-order valence-electron chi connectivity index (χ2n) is 4.47. The largest absolute Gasteiger partial charge is 0.326 e. The van der Waals surface area contributed by atoms with Crippen LogP contribution >= 0.6 is 0 Å². The third-order valence-electron chi connectivity index (χ3n) is 2.73.